The summed E-state index contributed by atoms with van der Waals surface area (Å²) < 4.78 is 24.1. The van der Waals surface area contributed by atoms with Gasteiger partial charge in [-0.2, -0.15) is 0 Å². The van der Waals surface area contributed by atoms with Crippen LogP contribution in [-0.2, 0) is 20.7 Å². The maximum atomic E-state index is 13.1. The summed E-state index contributed by atoms with van der Waals surface area (Å²) >= 11 is 0. The minimum atomic E-state index is -0.334. The molecule has 7 nitrogen and oxygen atoms in total. The monoisotopic (exact) mass is 508 g/mol. The molecule has 9 heteroatoms. The molecule has 1 aromatic carbocycles. The van der Waals surface area contributed by atoms with Crippen LogP contribution >= 0.6 is 24.0 Å². The Morgan fingerprint density at radius 3 is 2.79 bits per heavy atom. The van der Waals surface area contributed by atoms with Crippen molar-refractivity contribution in [2.24, 2.45) is 4.99 Å². The molecule has 1 amide bonds. The van der Waals surface area contributed by atoms with Gasteiger partial charge in [0.1, 0.15) is 5.82 Å². The van der Waals surface area contributed by atoms with Gasteiger partial charge in [0.2, 0.25) is 5.91 Å². The number of nitrogens with zero attached hydrogens (tertiary/aromatic N) is 1. The van der Waals surface area contributed by atoms with Gasteiger partial charge < -0.3 is 25.4 Å². The van der Waals surface area contributed by atoms with Crippen LogP contribution in [-0.4, -0.2) is 64.5 Å². The number of nitrogens with one attached hydrogen (secondary N) is 3. The number of benzene rings is 1. The molecule has 1 aliphatic rings. The van der Waals surface area contributed by atoms with E-state index in [1.807, 2.05) is 0 Å². The molecule has 1 saturated heterocycles. The van der Waals surface area contributed by atoms with E-state index in [0.29, 0.717) is 37.8 Å². The van der Waals surface area contributed by atoms with E-state index < -0.39 is 0 Å². The summed E-state index contributed by atoms with van der Waals surface area (Å²) in [5, 5.41) is 9.13. The second-order valence-electron chi connectivity index (χ2n) is 6.29. The van der Waals surface area contributed by atoms with E-state index in [9.17, 15) is 9.18 Å². The number of hydrogen-bond acceptors (Lipinski definition) is 4. The average molecular weight is 508 g/mol. The average Bonchev–Trinajstić information content (AvgIpc) is 3.16. The van der Waals surface area contributed by atoms with Crippen molar-refractivity contribution in [1.82, 2.24) is 16.0 Å². The van der Waals surface area contributed by atoms with Crippen molar-refractivity contribution >= 4 is 35.8 Å². The molecule has 1 unspecified atom stereocenters. The van der Waals surface area contributed by atoms with Crippen molar-refractivity contribution < 1.29 is 18.7 Å². The zero-order valence-corrected chi connectivity index (χ0v) is 18.5. The summed E-state index contributed by atoms with van der Waals surface area (Å²) in [6.45, 7) is 3.93. The predicted molar refractivity (Wildman–Crippen MR) is 118 cm³/mol. The molecular weight excluding hydrogens is 478 g/mol. The SMILES string of the molecule is CN=C(NCCCOC1CCOC1)NCCNC(=O)Cc1cccc(F)c1.I. The van der Waals surface area contributed by atoms with Crippen LogP contribution in [0.4, 0.5) is 4.39 Å². The molecular formula is C19H30FIN4O3. The van der Waals surface area contributed by atoms with Gasteiger partial charge >= 0.3 is 0 Å². The first-order chi connectivity index (χ1) is 13.2. The van der Waals surface area contributed by atoms with Gasteiger partial charge in [-0.3, -0.25) is 9.79 Å². The van der Waals surface area contributed by atoms with Crippen molar-refractivity contribution in [3.8, 4) is 0 Å². The third-order valence-electron chi connectivity index (χ3n) is 4.07. The highest BCUT2D eigenvalue weighted by atomic mass is 127. The van der Waals surface area contributed by atoms with Crippen LogP contribution in [0.15, 0.2) is 29.3 Å². The van der Waals surface area contributed by atoms with Gasteiger partial charge in [-0.1, -0.05) is 12.1 Å². The normalized spacial score (nSPS) is 16.4. The topological polar surface area (TPSA) is 84.0 Å². The Balaban J connectivity index is 0.00000392. The Bertz CT molecular complexity index is 613. The first-order valence-electron chi connectivity index (χ1n) is 9.32. The Hall–Kier alpha value is -1.46. The standard InChI is InChI=1S/C19H29FN4O3.HI/c1-21-19(23-7-3-10-27-17-6-11-26-14-17)24-9-8-22-18(25)13-15-4-2-5-16(20)12-15;/h2,4-5,12,17H,3,6-11,13-14H2,1H3,(H,22,25)(H2,21,23,24);1H. The quantitative estimate of drug-likeness (QED) is 0.193. The number of carbonyl (C=O) groups excluding carboxylic acids is 1. The van der Waals surface area contributed by atoms with Gasteiger partial charge in [-0.25, -0.2) is 4.39 Å². The number of ether oxygens (including phenoxy) is 2. The Kier molecular flexibility index (Phi) is 12.8. The van der Waals surface area contributed by atoms with E-state index in [1.54, 1.807) is 19.2 Å². The zero-order chi connectivity index (χ0) is 19.3. The van der Waals surface area contributed by atoms with Crippen LogP contribution in [0, 0.1) is 5.82 Å². The Morgan fingerprint density at radius 2 is 2.07 bits per heavy atom. The number of amides is 1. The molecule has 28 heavy (non-hydrogen) atoms. The van der Waals surface area contributed by atoms with Crippen LogP contribution in [0.5, 0.6) is 0 Å². The number of halogens is 2. The van der Waals surface area contributed by atoms with Gasteiger partial charge in [-0.05, 0) is 30.5 Å². The van der Waals surface area contributed by atoms with Gasteiger partial charge in [0.05, 0.1) is 19.1 Å². The maximum absolute atomic E-state index is 13.1. The third kappa shape index (κ3) is 10.2. The fourth-order valence-corrected chi connectivity index (χ4v) is 2.67. The maximum Gasteiger partial charge on any atom is 0.224 e. The van der Waals surface area contributed by atoms with E-state index in [1.165, 1.54) is 12.1 Å². The number of carbonyl (C=O) groups is 1. The smallest absolute Gasteiger partial charge is 0.224 e. The van der Waals surface area contributed by atoms with E-state index >= 15 is 0 Å². The number of guanidine groups is 1. The van der Waals surface area contributed by atoms with Crippen molar-refractivity contribution in [3.05, 3.63) is 35.6 Å². The van der Waals surface area contributed by atoms with E-state index in [2.05, 4.69) is 20.9 Å². The minimum absolute atomic E-state index is 0. The molecule has 0 bridgehead atoms. The highest BCUT2D eigenvalue weighted by Crippen LogP contribution is 2.07. The molecule has 1 aliphatic heterocycles. The molecule has 0 spiro atoms. The van der Waals surface area contributed by atoms with E-state index in [-0.39, 0.29) is 48.2 Å². The molecule has 0 aliphatic carbocycles. The summed E-state index contributed by atoms with van der Waals surface area (Å²) in [6, 6.07) is 6.06. The zero-order valence-electron chi connectivity index (χ0n) is 16.2. The molecule has 3 N–H and O–H groups in total. The van der Waals surface area contributed by atoms with Crippen molar-refractivity contribution in [1.29, 1.82) is 0 Å². The third-order valence-corrected chi connectivity index (χ3v) is 4.07. The van der Waals surface area contributed by atoms with Crippen molar-refractivity contribution in [2.75, 3.05) is 46.5 Å². The second kappa shape index (κ2) is 14.5. The lowest BCUT2D eigenvalue weighted by Crippen LogP contribution is -2.42. The largest absolute Gasteiger partial charge is 0.379 e. The van der Waals surface area contributed by atoms with Crippen LogP contribution < -0.4 is 16.0 Å². The van der Waals surface area contributed by atoms with Crippen LogP contribution in [0.1, 0.15) is 18.4 Å². The van der Waals surface area contributed by atoms with Gasteiger partial charge in [0.15, 0.2) is 5.96 Å². The van der Waals surface area contributed by atoms with Crippen LogP contribution in [0.25, 0.3) is 0 Å². The second-order valence-corrected chi connectivity index (χ2v) is 6.29. The molecule has 0 radical (unpaired) electrons. The molecule has 0 saturated carbocycles. The molecule has 1 heterocycles. The lowest BCUT2D eigenvalue weighted by Gasteiger charge is -2.13. The fourth-order valence-electron chi connectivity index (χ4n) is 2.67. The van der Waals surface area contributed by atoms with Crippen LogP contribution in [0.3, 0.4) is 0 Å². The molecule has 1 fully saturated rings. The predicted octanol–water partition coefficient (Wildman–Crippen LogP) is 1.46. The molecule has 0 aromatic heterocycles. The van der Waals surface area contributed by atoms with Gasteiger partial charge in [0, 0.05) is 39.9 Å². The highest BCUT2D eigenvalue weighted by Gasteiger charge is 2.15. The van der Waals surface area contributed by atoms with Gasteiger partial charge in [-0.15, -0.1) is 24.0 Å². The van der Waals surface area contributed by atoms with Gasteiger partial charge in [0.25, 0.3) is 0 Å². The minimum Gasteiger partial charge on any atom is -0.379 e. The lowest BCUT2D eigenvalue weighted by atomic mass is 10.1. The van der Waals surface area contributed by atoms with Crippen molar-refractivity contribution in [2.45, 2.75) is 25.4 Å². The highest BCUT2D eigenvalue weighted by molar-refractivity contribution is 14.0. The van der Waals surface area contributed by atoms with E-state index in [4.69, 9.17) is 9.47 Å². The first kappa shape index (κ1) is 24.6. The summed E-state index contributed by atoms with van der Waals surface area (Å²) in [4.78, 5) is 16.0. The summed E-state index contributed by atoms with van der Waals surface area (Å²) in [5.41, 5.74) is 0.657. The number of rotatable bonds is 10. The molecule has 1 aromatic rings. The Morgan fingerprint density at radius 1 is 1.29 bits per heavy atom. The summed E-state index contributed by atoms with van der Waals surface area (Å²) in [5.74, 6) is 0.204. The first-order valence-corrected chi connectivity index (χ1v) is 9.32. The van der Waals surface area contributed by atoms with Crippen molar-refractivity contribution in [3.63, 3.8) is 0 Å². The number of hydrogen-bond donors (Lipinski definition) is 3. The number of aliphatic imine (C=N–C) groups is 1. The molecule has 158 valence electrons. The summed E-state index contributed by atoms with van der Waals surface area (Å²) in [7, 11) is 1.70. The van der Waals surface area contributed by atoms with E-state index in [0.717, 1.165) is 26.0 Å². The Labute approximate surface area is 182 Å². The lowest BCUT2D eigenvalue weighted by molar-refractivity contribution is -0.120. The fraction of sp³-hybridized carbons (Fsp3) is 0.579. The molecule has 2 rings (SSSR count). The van der Waals surface area contributed by atoms with Crippen LogP contribution in [0.2, 0.25) is 0 Å². The summed E-state index contributed by atoms with van der Waals surface area (Å²) in [6.07, 6.45) is 2.25. The molecule has 1 atom stereocenters.